The van der Waals surface area contributed by atoms with Crippen LogP contribution in [0.1, 0.15) is 19.0 Å². The molecule has 0 atom stereocenters. The van der Waals surface area contributed by atoms with E-state index in [1.165, 1.54) is 0 Å². The number of ether oxygens (including phenoxy) is 1. The van der Waals surface area contributed by atoms with Gasteiger partial charge in [-0.05, 0) is 6.42 Å². The highest BCUT2D eigenvalue weighted by Gasteiger charge is 1.97. The molecule has 1 heterocycles. The van der Waals surface area contributed by atoms with Crippen molar-refractivity contribution in [2.24, 2.45) is 5.73 Å². The summed E-state index contributed by atoms with van der Waals surface area (Å²) in [6.07, 6.45) is 3.67. The quantitative estimate of drug-likeness (QED) is 0.639. The molecule has 5 heteroatoms. The summed E-state index contributed by atoms with van der Waals surface area (Å²) >= 11 is 0. The lowest BCUT2D eigenvalue weighted by Crippen LogP contribution is -2.15. The van der Waals surface area contributed by atoms with Gasteiger partial charge in [0.1, 0.15) is 12.1 Å². The van der Waals surface area contributed by atoms with E-state index in [0.717, 1.165) is 30.9 Å². The Morgan fingerprint density at radius 3 is 3.00 bits per heavy atom. The molecule has 0 spiro atoms. The zero-order chi connectivity index (χ0) is 11.6. The number of nitrogens with two attached hydrogens (primary N) is 1. The Labute approximate surface area is 96.4 Å². The van der Waals surface area contributed by atoms with Crippen LogP contribution in [0.15, 0.2) is 12.4 Å². The summed E-state index contributed by atoms with van der Waals surface area (Å²) in [5, 5.41) is 3.19. The van der Waals surface area contributed by atoms with Crippen LogP contribution in [-0.2, 0) is 11.2 Å². The smallest absolute Gasteiger partial charge is 0.129 e. The Bertz CT molecular complexity index is 293. The highest BCUT2D eigenvalue weighted by atomic mass is 16.5. The first kappa shape index (κ1) is 12.9. The number of nitrogens with zero attached hydrogens (tertiary/aromatic N) is 2. The number of nitrogens with one attached hydrogen (secondary N) is 1. The molecule has 0 amide bonds. The molecule has 0 aliphatic carbocycles. The second-order valence-corrected chi connectivity index (χ2v) is 3.47. The first-order valence-electron chi connectivity index (χ1n) is 5.69. The van der Waals surface area contributed by atoms with Gasteiger partial charge < -0.3 is 15.8 Å². The van der Waals surface area contributed by atoms with E-state index >= 15 is 0 Å². The van der Waals surface area contributed by atoms with Gasteiger partial charge >= 0.3 is 0 Å². The Hall–Kier alpha value is -1.20. The number of rotatable bonds is 8. The maximum absolute atomic E-state index is 5.31. The number of hydrogen-bond donors (Lipinski definition) is 2. The molecule has 90 valence electrons. The third-order valence-corrected chi connectivity index (χ3v) is 2.04. The standard InChI is InChI=1S/C11H20N4O/c1-2-3-10-8-11(15-9-14-10)13-5-7-16-6-4-12/h8-9H,2-7,12H2,1H3,(H,13,14,15). The summed E-state index contributed by atoms with van der Waals surface area (Å²) in [5.74, 6) is 0.856. The molecule has 0 fully saturated rings. The van der Waals surface area contributed by atoms with Crippen LogP contribution in [0, 0.1) is 0 Å². The molecule has 0 bridgehead atoms. The van der Waals surface area contributed by atoms with E-state index in [2.05, 4.69) is 22.2 Å². The van der Waals surface area contributed by atoms with Crippen molar-refractivity contribution in [1.29, 1.82) is 0 Å². The van der Waals surface area contributed by atoms with E-state index < -0.39 is 0 Å². The molecule has 1 aromatic heterocycles. The van der Waals surface area contributed by atoms with E-state index in [1.54, 1.807) is 6.33 Å². The lowest BCUT2D eigenvalue weighted by Gasteiger charge is -2.06. The van der Waals surface area contributed by atoms with Gasteiger partial charge in [0.05, 0.1) is 13.2 Å². The largest absolute Gasteiger partial charge is 0.378 e. The summed E-state index contributed by atoms with van der Waals surface area (Å²) < 4.78 is 5.25. The number of anilines is 1. The third kappa shape index (κ3) is 5.04. The molecule has 0 aromatic carbocycles. The molecule has 1 aromatic rings. The average Bonchev–Trinajstić information content (AvgIpc) is 2.30. The predicted octanol–water partition coefficient (Wildman–Crippen LogP) is 0.816. The van der Waals surface area contributed by atoms with Crippen LogP contribution in [0.2, 0.25) is 0 Å². The Morgan fingerprint density at radius 1 is 1.38 bits per heavy atom. The van der Waals surface area contributed by atoms with Gasteiger partial charge in [-0.2, -0.15) is 0 Å². The van der Waals surface area contributed by atoms with Gasteiger partial charge in [0.15, 0.2) is 0 Å². The van der Waals surface area contributed by atoms with Crippen LogP contribution in [0.4, 0.5) is 5.82 Å². The normalized spacial score (nSPS) is 10.4. The van der Waals surface area contributed by atoms with Crippen molar-refractivity contribution in [2.45, 2.75) is 19.8 Å². The number of aryl methyl sites for hydroxylation is 1. The summed E-state index contributed by atoms with van der Waals surface area (Å²) in [6.45, 7) is 4.68. The molecular formula is C11H20N4O. The van der Waals surface area contributed by atoms with Gasteiger partial charge in [0.2, 0.25) is 0 Å². The molecule has 0 radical (unpaired) electrons. The molecule has 0 unspecified atom stereocenters. The topological polar surface area (TPSA) is 73.1 Å². The first-order chi connectivity index (χ1) is 7.86. The fraction of sp³-hybridized carbons (Fsp3) is 0.636. The van der Waals surface area contributed by atoms with Gasteiger partial charge in [-0.25, -0.2) is 9.97 Å². The Balaban J connectivity index is 2.27. The zero-order valence-electron chi connectivity index (χ0n) is 9.78. The number of aromatic nitrogens is 2. The van der Waals surface area contributed by atoms with Gasteiger partial charge in [-0.1, -0.05) is 13.3 Å². The number of hydrogen-bond acceptors (Lipinski definition) is 5. The van der Waals surface area contributed by atoms with E-state index in [-0.39, 0.29) is 0 Å². The molecule has 0 saturated heterocycles. The monoisotopic (exact) mass is 224 g/mol. The summed E-state index contributed by atoms with van der Waals surface area (Å²) in [7, 11) is 0. The molecular weight excluding hydrogens is 204 g/mol. The minimum atomic E-state index is 0.564. The van der Waals surface area contributed by atoms with Crippen molar-refractivity contribution in [3.05, 3.63) is 18.1 Å². The van der Waals surface area contributed by atoms with Gasteiger partial charge in [-0.15, -0.1) is 0 Å². The molecule has 3 N–H and O–H groups in total. The van der Waals surface area contributed by atoms with Crippen LogP contribution in [0.25, 0.3) is 0 Å². The van der Waals surface area contributed by atoms with Crippen molar-refractivity contribution >= 4 is 5.82 Å². The fourth-order valence-electron chi connectivity index (χ4n) is 1.32. The van der Waals surface area contributed by atoms with Crippen LogP contribution in [0.3, 0.4) is 0 Å². The van der Waals surface area contributed by atoms with Crippen molar-refractivity contribution < 1.29 is 4.74 Å². The van der Waals surface area contributed by atoms with Gasteiger partial charge in [0.25, 0.3) is 0 Å². The van der Waals surface area contributed by atoms with Crippen molar-refractivity contribution in [1.82, 2.24) is 9.97 Å². The third-order valence-electron chi connectivity index (χ3n) is 2.04. The highest BCUT2D eigenvalue weighted by Crippen LogP contribution is 2.05. The molecule has 0 aliphatic heterocycles. The summed E-state index contributed by atoms with van der Waals surface area (Å²) in [5.41, 5.74) is 6.38. The second-order valence-electron chi connectivity index (χ2n) is 3.47. The predicted molar refractivity (Wildman–Crippen MR) is 64.4 cm³/mol. The highest BCUT2D eigenvalue weighted by molar-refractivity contribution is 5.34. The van der Waals surface area contributed by atoms with Gasteiger partial charge in [-0.3, -0.25) is 0 Å². The first-order valence-corrected chi connectivity index (χ1v) is 5.69. The molecule has 5 nitrogen and oxygen atoms in total. The van der Waals surface area contributed by atoms with E-state index in [0.29, 0.717) is 19.8 Å². The Morgan fingerprint density at radius 2 is 2.25 bits per heavy atom. The fourth-order valence-corrected chi connectivity index (χ4v) is 1.32. The molecule has 0 aliphatic rings. The maximum atomic E-state index is 5.31. The Kier molecular flexibility index (Phi) is 6.44. The zero-order valence-corrected chi connectivity index (χ0v) is 9.78. The van der Waals surface area contributed by atoms with Crippen LogP contribution in [0.5, 0.6) is 0 Å². The van der Waals surface area contributed by atoms with Crippen LogP contribution >= 0.6 is 0 Å². The minimum absolute atomic E-state index is 0.564. The SMILES string of the molecule is CCCc1cc(NCCOCCN)ncn1. The van der Waals surface area contributed by atoms with E-state index in [4.69, 9.17) is 10.5 Å². The average molecular weight is 224 g/mol. The molecule has 16 heavy (non-hydrogen) atoms. The lowest BCUT2D eigenvalue weighted by atomic mass is 10.2. The van der Waals surface area contributed by atoms with E-state index in [1.807, 2.05) is 6.07 Å². The molecule has 0 saturated carbocycles. The van der Waals surface area contributed by atoms with E-state index in [9.17, 15) is 0 Å². The van der Waals surface area contributed by atoms with Crippen LogP contribution < -0.4 is 11.1 Å². The summed E-state index contributed by atoms with van der Waals surface area (Å²) in [4.78, 5) is 8.32. The summed E-state index contributed by atoms with van der Waals surface area (Å²) in [6, 6.07) is 1.98. The van der Waals surface area contributed by atoms with Crippen molar-refractivity contribution in [3.63, 3.8) is 0 Å². The van der Waals surface area contributed by atoms with Crippen LogP contribution in [-0.4, -0.2) is 36.3 Å². The minimum Gasteiger partial charge on any atom is -0.378 e. The van der Waals surface area contributed by atoms with Crippen molar-refractivity contribution in [3.8, 4) is 0 Å². The van der Waals surface area contributed by atoms with Crippen molar-refractivity contribution in [2.75, 3.05) is 31.6 Å². The maximum Gasteiger partial charge on any atom is 0.129 e. The lowest BCUT2D eigenvalue weighted by molar-refractivity contribution is 0.151. The van der Waals surface area contributed by atoms with Gasteiger partial charge in [0, 0.05) is 24.8 Å². The second kappa shape index (κ2) is 8.01. The molecule has 1 rings (SSSR count).